The van der Waals surface area contributed by atoms with Crippen molar-refractivity contribution in [3.05, 3.63) is 54.2 Å². The van der Waals surface area contributed by atoms with Crippen molar-refractivity contribution in [2.24, 2.45) is 17.5 Å². The van der Waals surface area contributed by atoms with Gasteiger partial charge in [0, 0.05) is 55.0 Å². The van der Waals surface area contributed by atoms with Crippen molar-refractivity contribution in [1.29, 1.82) is 0 Å². The summed E-state index contributed by atoms with van der Waals surface area (Å²) in [5.41, 5.74) is 11.0. The number of imidazole rings is 1. The Bertz CT molecular complexity index is 1900. The Morgan fingerprint density at radius 1 is 0.789 bits per heavy atom. The SMILES string of the molecule is CC(C)C[C@H](NC(=O)[C@H](N)Cc1c[nH]c2ccccc12)C(=O)N1CCCC[C@@H]1C(=O)N1CCCC[C@H]1C(=O)N[C@H](Cc1cnc[nH]1)C(=O)N1CCC[C@H]1C(=O)NN. The summed E-state index contributed by atoms with van der Waals surface area (Å²) < 4.78 is 0. The van der Waals surface area contributed by atoms with Gasteiger partial charge in [-0.15, -0.1) is 0 Å². The topological polar surface area (TPSA) is 245 Å². The van der Waals surface area contributed by atoms with Crippen molar-refractivity contribution < 1.29 is 28.8 Å². The summed E-state index contributed by atoms with van der Waals surface area (Å²) in [4.78, 5) is 98.1. The summed E-state index contributed by atoms with van der Waals surface area (Å²) in [7, 11) is 0. The third kappa shape index (κ3) is 9.64. The van der Waals surface area contributed by atoms with Crippen LogP contribution in [0.3, 0.4) is 0 Å². The molecular weight excluding hydrogens is 731 g/mol. The second-order valence-corrected chi connectivity index (χ2v) is 16.0. The first-order chi connectivity index (χ1) is 27.5. The largest absolute Gasteiger partial charge is 0.361 e. The molecule has 17 heteroatoms. The molecule has 3 fully saturated rings. The standard InChI is InChI=1S/C40H57N11O6/c1-24(2)18-30(46-35(52)28(41)19-25-21-44-29-11-4-3-10-27(25)29)38(55)51-16-8-6-13-34(51)40(57)50-15-7-5-12-32(50)36(53)47-31(20-26-22-43-23-45-26)39(56)49-17-9-14-33(49)37(54)48-42/h3-4,10-11,21-24,28,30-34,44H,5-9,12-20,41-42H2,1-2H3,(H,43,45)(H,46,52)(H,47,53)(H,48,54)/t28-,30+,31-,32+,33+,34-/m1/s1. The number of amides is 6. The van der Waals surface area contributed by atoms with Crippen LogP contribution in [0.2, 0.25) is 0 Å². The van der Waals surface area contributed by atoms with Crippen LogP contribution in [0, 0.1) is 5.92 Å². The van der Waals surface area contributed by atoms with Crippen molar-refractivity contribution >= 4 is 46.3 Å². The molecule has 6 rings (SSSR count). The van der Waals surface area contributed by atoms with E-state index in [0.717, 1.165) is 22.9 Å². The zero-order valence-electron chi connectivity index (χ0n) is 32.9. The lowest BCUT2D eigenvalue weighted by Gasteiger charge is -2.43. The highest BCUT2D eigenvalue weighted by Crippen LogP contribution is 2.27. The van der Waals surface area contributed by atoms with Gasteiger partial charge in [-0.05, 0) is 81.8 Å². The second kappa shape index (κ2) is 18.8. The Labute approximate surface area is 332 Å². The van der Waals surface area contributed by atoms with Gasteiger partial charge >= 0.3 is 0 Å². The molecule has 0 spiro atoms. The van der Waals surface area contributed by atoms with Crippen LogP contribution in [0.1, 0.15) is 82.9 Å². The van der Waals surface area contributed by atoms with Gasteiger partial charge in [-0.1, -0.05) is 32.0 Å². The van der Waals surface area contributed by atoms with Gasteiger partial charge in [0.05, 0.1) is 12.4 Å². The number of benzene rings is 1. The number of hydrogen-bond acceptors (Lipinski definition) is 9. The first-order valence-electron chi connectivity index (χ1n) is 20.3. The number of nitrogens with zero attached hydrogens (tertiary/aromatic N) is 4. The number of para-hydroxylation sites is 1. The predicted octanol–water partition coefficient (Wildman–Crippen LogP) is 0.762. The smallest absolute Gasteiger partial charge is 0.256 e. The number of nitrogens with one attached hydrogen (secondary N) is 5. The van der Waals surface area contributed by atoms with E-state index in [9.17, 15) is 28.8 Å². The molecular formula is C40H57N11O6. The highest BCUT2D eigenvalue weighted by atomic mass is 16.2. The molecule has 0 radical (unpaired) electrons. The van der Waals surface area contributed by atoms with Gasteiger partial charge in [-0.2, -0.15) is 0 Å². The molecule has 9 N–H and O–H groups in total. The normalized spacial score (nSPS) is 21.6. The van der Waals surface area contributed by atoms with E-state index in [4.69, 9.17) is 11.6 Å². The molecule has 0 unspecified atom stereocenters. The summed E-state index contributed by atoms with van der Waals surface area (Å²) in [5, 5.41) is 6.83. The minimum absolute atomic E-state index is 0.0520. The Balaban J connectivity index is 1.16. The molecule has 6 atom stereocenters. The lowest BCUT2D eigenvalue weighted by Crippen LogP contribution is -2.63. The van der Waals surface area contributed by atoms with Crippen LogP contribution in [-0.4, -0.2) is 121 Å². The van der Waals surface area contributed by atoms with E-state index >= 15 is 0 Å². The number of carbonyl (C=O) groups excluding carboxylic acids is 6. The molecule has 0 bridgehead atoms. The van der Waals surface area contributed by atoms with Gasteiger partial charge in [0.2, 0.25) is 29.5 Å². The number of nitrogens with two attached hydrogens (primary N) is 2. The summed E-state index contributed by atoms with van der Waals surface area (Å²) in [5.74, 6) is 2.95. The first kappa shape index (κ1) is 41.3. The number of piperidine rings is 2. The number of likely N-dealkylation sites (tertiary alicyclic amines) is 3. The fourth-order valence-electron chi connectivity index (χ4n) is 8.60. The lowest BCUT2D eigenvalue weighted by molar-refractivity contribution is -0.154. The molecule has 6 amide bonds. The first-order valence-corrected chi connectivity index (χ1v) is 20.3. The minimum atomic E-state index is -1.04. The number of aromatic nitrogens is 3. The average molecular weight is 788 g/mol. The summed E-state index contributed by atoms with van der Waals surface area (Å²) in [6.07, 6.45) is 10.2. The van der Waals surface area contributed by atoms with E-state index in [-0.39, 0.29) is 30.6 Å². The number of aromatic amines is 2. The average Bonchev–Trinajstić information content (AvgIpc) is 4.01. The third-order valence-electron chi connectivity index (χ3n) is 11.5. The van der Waals surface area contributed by atoms with Gasteiger partial charge in [-0.25, -0.2) is 10.8 Å². The van der Waals surface area contributed by atoms with Gasteiger partial charge in [-0.3, -0.25) is 34.2 Å². The number of H-pyrrole nitrogens is 2. The van der Waals surface area contributed by atoms with Crippen molar-refractivity contribution in [1.82, 2.24) is 45.7 Å². The van der Waals surface area contributed by atoms with Crippen LogP contribution in [0.5, 0.6) is 0 Å². The van der Waals surface area contributed by atoms with Gasteiger partial charge in [0.1, 0.15) is 30.2 Å². The summed E-state index contributed by atoms with van der Waals surface area (Å²) >= 11 is 0. The maximum absolute atomic E-state index is 14.6. The van der Waals surface area contributed by atoms with E-state index in [1.165, 1.54) is 11.2 Å². The Morgan fingerprint density at radius 3 is 2.16 bits per heavy atom. The molecule has 3 aliphatic rings. The van der Waals surface area contributed by atoms with Gasteiger partial charge in [0.15, 0.2) is 0 Å². The maximum Gasteiger partial charge on any atom is 0.256 e. The molecule has 17 nitrogen and oxygen atoms in total. The van der Waals surface area contributed by atoms with Crippen LogP contribution in [0.4, 0.5) is 0 Å². The maximum atomic E-state index is 14.6. The lowest BCUT2D eigenvalue weighted by atomic mass is 9.94. The molecule has 3 aliphatic heterocycles. The molecule has 57 heavy (non-hydrogen) atoms. The molecule has 0 saturated carbocycles. The number of rotatable bonds is 14. The second-order valence-electron chi connectivity index (χ2n) is 16.0. The Kier molecular flexibility index (Phi) is 13.6. The zero-order valence-corrected chi connectivity index (χ0v) is 32.9. The van der Waals surface area contributed by atoms with Gasteiger partial charge in [0.25, 0.3) is 5.91 Å². The molecule has 2 aromatic heterocycles. The van der Waals surface area contributed by atoms with E-state index in [1.807, 2.05) is 44.3 Å². The molecule has 1 aromatic carbocycles. The fraction of sp³-hybridized carbons (Fsp3) is 0.575. The Hall–Kier alpha value is -5.29. The summed E-state index contributed by atoms with van der Waals surface area (Å²) in [6, 6.07) is 2.46. The quantitative estimate of drug-likeness (QED) is 0.0692. The number of fused-ring (bicyclic) bond motifs is 1. The highest BCUT2D eigenvalue weighted by molar-refractivity contribution is 5.97. The molecule has 5 heterocycles. The van der Waals surface area contributed by atoms with E-state index in [2.05, 4.69) is 31.0 Å². The van der Waals surface area contributed by atoms with Gasteiger partial charge < -0.3 is 41.0 Å². The fourth-order valence-corrected chi connectivity index (χ4v) is 8.60. The van der Waals surface area contributed by atoms with Crippen molar-refractivity contribution in [3.8, 4) is 0 Å². The molecule has 308 valence electrons. The number of carbonyl (C=O) groups is 6. The van der Waals surface area contributed by atoms with Crippen LogP contribution in [-0.2, 0) is 41.6 Å². The predicted molar refractivity (Wildman–Crippen MR) is 211 cm³/mol. The molecule has 0 aliphatic carbocycles. The summed E-state index contributed by atoms with van der Waals surface area (Å²) in [6.45, 7) is 4.92. The minimum Gasteiger partial charge on any atom is -0.361 e. The van der Waals surface area contributed by atoms with Crippen molar-refractivity contribution in [2.45, 2.75) is 121 Å². The zero-order chi connectivity index (χ0) is 40.6. The van der Waals surface area contributed by atoms with Crippen molar-refractivity contribution in [2.75, 3.05) is 19.6 Å². The monoisotopic (exact) mass is 787 g/mol. The van der Waals surface area contributed by atoms with E-state index < -0.39 is 59.9 Å². The van der Waals surface area contributed by atoms with Crippen LogP contribution in [0.25, 0.3) is 10.9 Å². The van der Waals surface area contributed by atoms with E-state index in [0.29, 0.717) is 76.7 Å². The molecule has 3 aromatic rings. The van der Waals surface area contributed by atoms with Crippen molar-refractivity contribution in [3.63, 3.8) is 0 Å². The number of hydrazine groups is 1. The van der Waals surface area contributed by atoms with Crippen LogP contribution < -0.4 is 27.6 Å². The highest BCUT2D eigenvalue weighted by Gasteiger charge is 2.43. The van der Waals surface area contributed by atoms with Crippen LogP contribution >= 0.6 is 0 Å². The number of hydrogen-bond donors (Lipinski definition) is 7. The van der Waals surface area contributed by atoms with E-state index in [1.54, 1.807) is 16.0 Å². The Morgan fingerprint density at radius 2 is 1.44 bits per heavy atom. The van der Waals surface area contributed by atoms with Crippen LogP contribution in [0.15, 0.2) is 43.0 Å². The molecule has 3 saturated heterocycles. The third-order valence-corrected chi connectivity index (χ3v) is 11.5.